The molecule has 0 bridgehead atoms. The molecular formula is C14H16N4OS. The van der Waals surface area contributed by atoms with E-state index in [2.05, 4.69) is 26.7 Å². The van der Waals surface area contributed by atoms with E-state index in [1.165, 1.54) is 11.8 Å². The van der Waals surface area contributed by atoms with E-state index >= 15 is 0 Å². The van der Waals surface area contributed by atoms with Crippen molar-refractivity contribution in [3.05, 3.63) is 40.5 Å². The molecule has 5 nitrogen and oxygen atoms in total. The number of amides is 1. The number of rotatable bonds is 5. The van der Waals surface area contributed by atoms with Crippen molar-refractivity contribution in [1.29, 1.82) is 0 Å². The van der Waals surface area contributed by atoms with Gasteiger partial charge in [-0.15, -0.1) is 0 Å². The number of nitrogens with one attached hydrogen (secondary N) is 1. The van der Waals surface area contributed by atoms with Crippen molar-refractivity contribution in [3.63, 3.8) is 0 Å². The lowest BCUT2D eigenvalue weighted by Gasteiger charge is -2.21. The van der Waals surface area contributed by atoms with Crippen LogP contribution in [0.25, 0.3) is 0 Å². The molecule has 0 aliphatic heterocycles. The molecule has 1 fully saturated rings. The molecule has 3 rings (SSSR count). The normalized spacial score (nSPS) is 14.1. The Morgan fingerprint density at radius 1 is 1.50 bits per heavy atom. The third-order valence-corrected chi connectivity index (χ3v) is 4.02. The molecule has 1 aliphatic rings. The minimum Gasteiger partial charge on any atom is -0.372 e. The van der Waals surface area contributed by atoms with Gasteiger partial charge in [-0.3, -0.25) is 9.78 Å². The first kappa shape index (κ1) is 13.1. The molecule has 0 spiro atoms. The van der Waals surface area contributed by atoms with E-state index in [-0.39, 0.29) is 5.91 Å². The first-order valence-corrected chi connectivity index (χ1v) is 7.54. The molecule has 0 aromatic carbocycles. The van der Waals surface area contributed by atoms with Gasteiger partial charge in [0.25, 0.3) is 5.91 Å². The fourth-order valence-corrected chi connectivity index (χ4v) is 2.73. The van der Waals surface area contributed by atoms with Crippen molar-refractivity contribution in [1.82, 2.24) is 14.9 Å². The van der Waals surface area contributed by atoms with Crippen LogP contribution in [-0.4, -0.2) is 33.9 Å². The maximum atomic E-state index is 12.6. The smallest absolute Gasteiger partial charge is 0.274 e. The summed E-state index contributed by atoms with van der Waals surface area (Å²) in [7, 11) is 1.77. The lowest BCUT2D eigenvalue weighted by Crippen LogP contribution is -2.33. The SMILES string of the molecule is CNc1cncc(C(=O)N(Cc2ccsc2)C2CC2)n1. The van der Waals surface area contributed by atoms with E-state index in [4.69, 9.17) is 0 Å². The lowest BCUT2D eigenvalue weighted by atomic mass is 10.2. The zero-order valence-corrected chi connectivity index (χ0v) is 12.1. The molecule has 0 saturated heterocycles. The zero-order valence-electron chi connectivity index (χ0n) is 11.2. The lowest BCUT2D eigenvalue weighted by molar-refractivity contribution is 0.0724. The predicted molar refractivity (Wildman–Crippen MR) is 78.8 cm³/mol. The second-order valence-corrected chi connectivity index (χ2v) is 5.62. The van der Waals surface area contributed by atoms with Gasteiger partial charge in [0, 0.05) is 19.6 Å². The van der Waals surface area contributed by atoms with Crippen LogP contribution < -0.4 is 5.32 Å². The number of thiophene rings is 1. The topological polar surface area (TPSA) is 58.1 Å². The van der Waals surface area contributed by atoms with Gasteiger partial charge in [-0.1, -0.05) is 0 Å². The maximum absolute atomic E-state index is 12.6. The minimum atomic E-state index is -0.0386. The Bertz CT molecular complexity index is 595. The highest BCUT2D eigenvalue weighted by Crippen LogP contribution is 2.30. The predicted octanol–water partition coefficient (Wildman–Crippen LogP) is 2.38. The fraction of sp³-hybridized carbons (Fsp3) is 0.357. The van der Waals surface area contributed by atoms with Crippen LogP contribution in [0, 0.1) is 0 Å². The number of aromatic nitrogens is 2. The van der Waals surface area contributed by atoms with Gasteiger partial charge in [0.15, 0.2) is 0 Å². The van der Waals surface area contributed by atoms with Crippen molar-refractivity contribution < 1.29 is 4.79 Å². The second kappa shape index (κ2) is 5.58. The minimum absolute atomic E-state index is 0.0386. The molecule has 0 unspecified atom stereocenters. The molecule has 104 valence electrons. The largest absolute Gasteiger partial charge is 0.372 e. The first-order chi connectivity index (χ1) is 9.78. The molecule has 2 aromatic rings. The summed E-state index contributed by atoms with van der Waals surface area (Å²) >= 11 is 1.65. The number of carbonyl (C=O) groups excluding carboxylic acids is 1. The summed E-state index contributed by atoms with van der Waals surface area (Å²) in [5.74, 6) is 0.574. The molecule has 2 heterocycles. The Morgan fingerprint density at radius 3 is 3.00 bits per heavy atom. The van der Waals surface area contributed by atoms with Crippen molar-refractivity contribution in [2.75, 3.05) is 12.4 Å². The molecule has 1 saturated carbocycles. The van der Waals surface area contributed by atoms with Gasteiger partial charge in [0.2, 0.25) is 0 Å². The number of carbonyl (C=O) groups is 1. The zero-order chi connectivity index (χ0) is 13.9. The van der Waals surface area contributed by atoms with Crippen molar-refractivity contribution in [2.24, 2.45) is 0 Å². The van der Waals surface area contributed by atoms with Crippen LogP contribution in [-0.2, 0) is 6.54 Å². The summed E-state index contributed by atoms with van der Waals surface area (Å²) in [6.07, 6.45) is 5.30. The summed E-state index contributed by atoms with van der Waals surface area (Å²) in [4.78, 5) is 22.9. The van der Waals surface area contributed by atoms with Gasteiger partial charge in [-0.25, -0.2) is 4.98 Å². The van der Waals surface area contributed by atoms with Crippen LogP contribution in [0.3, 0.4) is 0 Å². The molecule has 0 radical (unpaired) electrons. The van der Waals surface area contributed by atoms with Gasteiger partial charge in [-0.05, 0) is 35.2 Å². The molecule has 2 aromatic heterocycles. The Morgan fingerprint density at radius 2 is 2.35 bits per heavy atom. The summed E-state index contributed by atoms with van der Waals surface area (Å²) in [5.41, 5.74) is 1.58. The summed E-state index contributed by atoms with van der Waals surface area (Å²) < 4.78 is 0. The third kappa shape index (κ3) is 2.80. The first-order valence-electron chi connectivity index (χ1n) is 6.60. The van der Waals surface area contributed by atoms with Gasteiger partial charge in [0.1, 0.15) is 11.5 Å². The van der Waals surface area contributed by atoms with E-state index in [1.807, 2.05) is 10.3 Å². The summed E-state index contributed by atoms with van der Waals surface area (Å²) in [6.45, 7) is 0.651. The van der Waals surface area contributed by atoms with Crippen LogP contribution >= 0.6 is 11.3 Å². The quantitative estimate of drug-likeness (QED) is 0.917. The van der Waals surface area contributed by atoms with Gasteiger partial charge in [0.05, 0.1) is 12.4 Å². The number of hydrogen-bond donors (Lipinski definition) is 1. The molecule has 0 atom stereocenters. The summed E-state index contributed by atoms with van der Waals surface area (Å²) in [6, 6.07) is 2.41. The summed E-state index contributed by atoms with van der Waals surface area (Å²) in [5, 5.41) is 7.02. The third-order valence-electron chi connectivity index (χ3n) is 3.29. The number of nitrogens with zero attached hydrogens (tertiary/aromatic N) is 3. The Hall–Kier alpha value is -1.95. The second-order valence-electron chi connectivity index (χ2n) is 4.84. The molecule has 20 heavy (non-hydrogen) atoms. The molecule has 1 N–H and O–H groups in total. The van der Waals surface area contributed by atoms with Gasteiger partial charge in [-0.2, -0.15) is 11.3 Å². The van der Waals surface area contributed by atoms with Crippen molar-refractivity contribution in [2.45, 2.75) is 25.4 Å². The average Bonchev–Trinajstić information content (AvgIpc) is 3.20. The number of hydrogen-bond acceptors (Lipinski definition) is 5. The van der Waals surface area contributed by atoms with Crippen molar-refractivity contribution >= 4 is 23.1 Å². The van der Waals surface area contributed by atoms with E-state index in [0.717, 1.165) is 12.8 Å². The fourth-order valence-electron chi connectivity index (χ4n) is 2.07. The van der Waals surface area contributed by atoms with Crippen LogP contribution in [0.5, 0.6) is 0 Å². The highest BCUT2D eigenvalue weighted by Gasteiger charge is 2.33. The van der Waals surface area contributed by atoms with Crippen LogP contribution in [0.1, 0.15) is 28.9 Å². The van der Waals surface area contributed by atoms with Crippen LogP contribution in [0.2, 0.25) is 0 Å². The number of anilines is 1. The Balaban J connectivity index is 1.81. The standard InChI is InChI=1S/C14H16N4OS/c1-15-13-7-16-6-12(17-13)14(19)18(11-2-3-11)8-10-4-5-20-9-10/h4-7,9,11H,2-3,8H2,1H3,(H,15,17). The molecule has 1 amide bonds. The average molecular weight is 288 g/mol. The van der Waals surface area contributed by atoms with E-state index in [0.29, 0.717) is 24.1 Å². The maximum Gasteiger partial charge on any atom is 0.274 e. The monoisotopic (exact) mass is 288 g/mol. The van der Waals surface area contributed by atoms with Crippen LogP contribution in [0.15, 0.2) is 29.2 Å². The van der Waals surface area contributed by atoms with Crippen molar-refractivity contribution in [3.8, 4) is 0 Å². The highest BCUT2D eigenvalue weighted by molar-refractivity contribution is 7.07. The van der Waals surface area contributed by atoms with E-state index in [1.54, 1.807) is 24.6 Å². The molecule has 6 heteroatoms. The Kier molecular flexibility index (Phi) is 3.64. The van der Waals surface area contributed by atoms with Gasteiger partial charge >= 0.3 is 0 Å². The van der Waals surface area contributed by atoms with Gasteiger partial charge < -0.3 is 10.2 Å². The highest BCUT2D eigenvalue weighted by atomic mass is 32.1. The Labute approximate surface area is 121 Å². The molecule has 1 aliphatic carbocycles. The van der Waals surface area contributed by atoms with E-state index in [9.17, 15) is 4.79 Å². The molecular weight excluding hydrogens is 272 g/mol. The van der Waals surface area contributed by atoms with E-state index < -0.39 is 0 Å². The van der Waals surface area contributed by atoms with Crippen LogP contribution in [0.4, 0.5) is 5.82 Å².